The van der Waals surface area contributed by atoms with E-state index >= 15 is 0 Å². The van der Waals surface area contributed by atoms with Gasteiger partial charge in [-0.05, 0) is 42.5 Å². The van der Waals surface area contributed by atoms with Crippen molar-refractivity contribution in [2.24, 2.45) is 0 Å². The Bertz CT molecular complexity index is 1320. The number of thiazole rings is 1. The number of thioether (sulfide) groups is 1. The molecular weight excluding hydrogens is 540 g/mol. The fourth-order valence-electron chi connectivity index (χ4n) is 4.82. The number of anilines is 1. The molecule has 12 heteroatoms. The number of nitrogens with one attached hydrogen (secondary N) is 1. The van der Waals surface area contributed by atoms with Crippen molar-refractivity contribution < 1.29 is 28.6 Å². The van der Waals surface area contributed by atoms with Gasteiger partial charge in [0.05, 0.1) is 24.5 Å². The van der Waals surface area contributed by atoms with Gasteiger partial charge in [-0.25, -0.2) is 9.78 Å². The highest BCUT2D eigenvalue weighted by Crippen LogP contribution is 2.43. The molecule has 3 N–H and O–H groups in total. The Kier molecular flexibility index (Phi) is 8.24. The summed E-state index contributed by atoms with van der Waals surface area (Å²) < 4.78 is 16.7. The quantitative estimate of drug-likeness (QED) is 0.265. The molecule has 0 aliphatic carbocycles. The number of rotatable bonds is 9. The highest BCUT2D eigenvalue weighted by Gasteiger charge is 2.55. The lowest BCUT2D eigenvalue weighted by atomic mass is 9.98. The summed E-state index contributed by atoms with van der Waals surface area (Å²) in [7, 11) is 1.58. The Morgan fingerprint density at radius 2 is 2.10 bits per heavy atom. The van der Waals surface area contributed by atoms with Gasteiger partial charge in [0.15, 0.2) is 5.13 Å². The first-order chi connectivity index (χ1) is 18.9. The van der Waals surface area contributed by atoms with Crippen molar-refractivity contribution in [2.75, 3.05) is 25.2 Å². The predicted octanol–water partition coefficient (Wildman–Crippen LogP) is 3.10. The minimum absolute atomic E-state index is 0.0487. The van der Waals surface area contributed by atoms with E-state index in [1.54, 1.807) is 30.7 Å². The van der Waals surface area contributed by atoms with E-state index < -0.39 is 23.3 Å². The number of nitrogen functional groups attached to an aromatic ring is 1. The van der Waals surface area contributed by atoms with E-state index in [1.807, 2.05) is 19.1 Å². The predicted molar refractivity (Wildman–Crippen MR) is 149 cm³/mol. The Morgan fingerprint density at radius 1 is 1.31 bits per heavy atom. The molecule has 2 saturated heterocycles. The Balaban J connectivity index is 1.33. The van der Waals surface area contributed by atoms with Gasteiger partial charge >= 0.3 is 5.97 Å². The second kappa shape index (κ2) is 11.8. The van der Waals surface area contributed by atoms with Gasteiger partial charge in [0.1, 0.15) is 29.5 Å². The highest BCUT2D eigenvalue weighted by atomic mass is 32.2. The fraction of sp³-hybridized carbons (Fsp3) is 0.407. The molecule has 0 saturated carbocycles. The molecule has 4 heterocycles. The molecule has 0 spiro atoms. The molecule has 3 aliphatic rings. The van der Waals surface area contributed by atoms with Crippen molar-refractivity contribution in [3.63, 3.8) is 0 Å². The van der Waals surface area contributed by atoms with Crippen LogP contribution in [0, 0.1) is 0 Å². The van der Waals surface area contributed by atoms with Crippen LogP contribution in [0.25, 0.3) is 5.57 Å². The number of nitrogens with zero attached hydrogens (tertiary/aromatic N) is 2. The third-order valence-electron chi connectivity index (χ3n) is 6.78. The molecule has 0 radical (unpaired) electrons. The fourth-order valence-corrected chi connectivity index (χ4v) is 6.79. The maximum atomic E-state index is 13.4. The Morgan fingerprint density at radius 3 is 2.74 bits per heavy atom. The molecule has 10 nitrogen and oxygen atoms in total. The number of ether oxygens (including phenoxy) is 3. The molecule has 39 heavy (non-hydrogen) atoms. The number of allylic oxidation sites excluding steroid dienone is 1. The van der Waals surface area contributed by atoms with Gasteiger partial charge in [-0.2, -0.15) is 0 Å². The van der Waals surface area contributed by atoms with Gasteiger partial charge < -0.3 is 25.3 Å². The number of hydrogen-bond donors (Lipinski definition) is 2. The minimum Gasteiger partial charge on any atom is -0.497 e. The third kappa shape index (κ3) is 5.54. The zero-order valence-corrected chi connectivity index (χ0v) is 23.3. The van der Waals surface area contributed by atoms with Gasteiger partial charge in [-0.1, -0.05) is 25.1 Å². The Hall–Kier alpha value is -3.35. The summed E-state index contributed by atoms with van der Waals surface area (Å²) in [5, 5.41) is 4.50. The average molecular weight is 571 g/mol. The summed E-state index contributed by atoms with van der Waals surface area (Å²) >= 11 is 2.75. The maximum Gasteiger partial charge on any atom is 0.355 e. The normalized spacial score (nSPS) is 22.8. The van der Waals surface area contributed by atoms with Crippen molar-refractivity contribution in [3.05, 3.63) is 58.2 Å². The third-order valence-corrected chi connectivity index (χ3v) is 8.75. The van der Waals surface area contributed by atoms with Crippen LogP contribution in [0.1, 0.15) is 37.4 Å². The number of esters is 1. The topological polar surface area (TPSA) is 133 Å². The molecule has 3 aliphatic heterocycles. The van der Waals surface area contributed by atoms with Gasteiger partial charge in [-0.15, -0.1) is 23.1 Å². The zero-order valence-electron chi connectivity index (χ0n) is 21.7. The first kappa shape index (κ1) is 27.2. The molecule has 2 fully saturated rings. The minimum atomic E-state index is -0.783. The summed E-state index contributed by atoms with van der Waals surface area (Å²) in [4.78, 5) is 45.7. The Labute approximate surface area is 234 Å². The number of amides is 2. The van der Waals surface area contributed by atoms with Gasteiger partial charge in [0.2, 0.25) is 0 Å². The van der Waals surface area contributed by atoms with Crippen molar-refractivity contribution in [3.8, 4) is 5.75 Å². The number of carbonyl (C=O) groups excluding carboxylic acids is 3. The summed E-state index contributed by atoms with van der Waals surface area (Å²) in [6.07, 6.45) is 3.80. The molecule has 2 amide bonds. The number of aromatic nitrogens is 1. The summed E-state index contributed by atoms with van der Waals surface area (Å²) in [6.45, 7) is 2.57. The van der Waals surface area contributed by atoms with Crippen molar-refractivity contribution in [2.45, 2.75) is 50.3 Å². The lowest BCUT2D eigenvalue weighted by Crippen LogP contribution is -2.70. The van der Waals surface area contributed by atoms with Crippen molar-refractivity contribution in [1.29, 1.82) is 0 Å². The monoisotopic (exact) mass is 570 g/mol. The van der Waals surface area contributed by atoms with Crippen LogP contribution in [0.3, 0.4) is 0 Å². The zero-order chi connectivity index (χ0) is 27.5. The van der Waals surface area contributed by atoms with Crippen LogP contribution in [0.2, 0.25) is 0 Å². The van der Waals surface area contributed by atoms with Crippen LogP contribution in [0.4, 0.5) is 5.13 Å². The molecule has 1 aromatic heterocycles. The van der Waals surface area contributed by atoms with Crippen LogP contribution >= 0.6 is 23.1 Å². The number of β-lactam (4-membered cyclic amide) rings is 1. The molecule has 2 aromatic rings. The number of nitrogens with two attached hydrogens (primary N) is 1. The molecule has 0 unspecified atom stereocenters. The van der Waals surface area contributed by atoms with Gasteiger partial charge in [0, 0.05) is 17.7 Å². The highest BCUT2D eigenvalue weighted by molar-refractivity contribution is 8.00. The van der Waals surface area contributed by atoms with E-state index in [9.17, 15) is 14.4 Å². The van der Waals surface area contributed by atoms with E-state index in [1.165, 1.54) is 28.0 Å². The van der Waals surface area contributed by atoms with E-state index in [0.29, 0.717) is 40.9 Å². The second-order valence-electron chi connectivity index (χ2n) is 9.26. The van der Waals surface area contributed by atoms with Crippen LogP contribution in [-0.4, -0.2) is 64.7 Å². The maximum absolute atomic E-state index is 13.4. The van der Waals surface area contributed by atoms with Crippen LogP contribution in [0.5, 0.6) is 5.75 Å². The molecular formula is C27H30N4O6S2. The van der Waals surface area contributed by atoms with Crippen molar-refractivity contribution in [1.82, 2.24) is 15.2 Å². The number of benzene rings is 1. The smallest absolute Gasteiger partial charge is 0.355 e. The van der Waals surface area contributed by atoms with E-state index in [-0.39, 0.29) is 24.3 Å². The van der Waals surface area contributed by atoms with E-state index in [0.717, 1.165) is 24.0 Å². The SMILES string of the molecule is CC/C=C(\C(=O)N[C@@H]1C(=O)N2C(C(=O)OCc3ccc(OC)cc3)=C([C@@H]3CCCO3)CS[C@H]12)c1csc(N)n1. The average Bonchev–Trinajstić information content (AvgIpc) is 3.64. The standard InChI is InChI=1S/C27H30N4O6S2/c1-3-5-17(19-14-39-27(28)29-19)23(32)30-21-24(33)31-22(18(13-38-25(21)31)20-6-4-11-36-20)26(34)37-12-15-7-9-16(35-2)10-8-15/h5,7-10,14,20-21,25H,3-4,6,11-13H2,1-2H3,(H2,28,29)(H,30,32)/b17-5-/t20-,21+,25+/m0/s1. The van der Waals surface area contributed by atoms with Crippen LogP contribution < -0.4 is 15.8 Å². The van der Waals surface area contributed by atoms with Crippen molar-refractivity contribution >= 4 is 51.6 Å². The summed E-state index contributed by atoms with van der Waals surface area (Å²) in [6, 6.07) is 6.44. The summed E-state index contributed by atoms with van der Waals surface area (Å²) in [5.74, 6) is -0.141. The first-order valence-electron chi connectivity index (χ1n) is 12.7. The number of fused-ring (bicyclic) bond motifs is 1. The summed E-state index contributed by atoms with van der Waals surface area (Å²) in [5.41, 5.74) is 8.39. The van der Waals surface area contributed by atoms with Gasteiger partial charge in [0.25, 0.3) is 11.8 Å². The molecule has 5 rings (SSSR count). The number of carbonyl (C=O) groups is 3. The molecule has 206 valence electrons. The molecule has 1 aromatic carbocycles. The number of methoxy groups -OCH3 is 1. The lowest BCUT2D eigenvalue weighted by Gasteiger charge is -2.50. The first-order valence-corrected chi connectivity index (χ1v) is 14.7. The van der Waals surface area contributed by atoms with E-state index in [2.05, 4.69) is 10.3 Å². The van der Waals surface area contributed by atoms with Crippen LogP contribution in [0.15, 0.2) is 47.0 Å². The number of hydrogen-bond acceptors (Lipinski definition) is 10. The lowest BCUT2D eigenvalue weighted by molar-refractivity contribution is -0.153. The second-order valence-corrected chi connectivity index (χ2v) is 11.3. The molecule has 3 atom stereocenters. The van der Waals surface area contributed by atoms with E-state index in [4.69, 9.17) is 19.9 Å². The van der Waals surface area contributed by atoms with Crippen LogP contribution in [-0.2, 0) is 30.5 Å². The van der Waals surface area contributed by atoms with Gasteiger partial charge in [-0.3, -0.25) is 14.5 Å². The largest absolute Gasteiger partial charge is 0.497 e. The molecule has 0 bridgehead atoms.